The number of thioether (sulfide) groups is 1. The second-order valence-electron chi connectivity index (χ2n) is 4.25. The van der Waals surface area contributed by atoms with Crippen LogP contribution >= 0.6 is 11.8 Å². The van der Waals surface area contributed by atoms with Crippen LogP contribution in [0.1, 0.15) is 10.5 Å². The van der Waals surface area contributed by atoms with Crippen LogP contribution in [0.3, 0.4) is 0 Å². The minimum Gasteiger partial charge on any atom is -0.397 e. The molecular weight excluding hydrogens is 258 g/mol. The first-order valence-electron chi connectivity index (χ1n) is 6.01. The maximum atomic E-state index is 12.5. The summed E-state index contributed by atoms with van der Waals surface area (Å²) in [5.41, 5.74) is 7.54. The fourth-order valence-corrected chi connectivity index (χ4v) is 3.05. The van der Waals surface area contributed by atoms with E-state index < -0.39 is 0 Å². The summed E-state index contributed by atoms with van der Waals surface area (Å²) in [6, 6.07) is 11.3. The van der Waals surface area contributed by atoms with E-state index in [9.17, 15) is 4.79 Å². The molecule has 0 saturated carbocycles. The van der Waals surface area contributed by atoms with Crippen LogP contribution in [0.5, 0.6) is 0 Å². The van der Waals surface area contributed by atoms with E-state index in [1.54, 1.807) is 28.8 Å². The maximum absolute atomic E-state index is 12.5. The van der Waals surface area contributed by atoms with Crippen LogP contribution in [0.4, 0.5) is 11.4 Å². The molecule has 3 rings (SSSR count). The molecule has 0 aliphatic carbocycles. The highest BCUT2D eigenvalue weighted by atomic mass is 32.2. The molecule has 1 aromatic heterocycles. The predicted octanol–water partition coefficient (Wildman–Crippen LogP) is 2.42. The molecule has 0 atom stereocenters. The molecule has 2 aromatic rings. The van der Waals surface area contributed by atoms with Gasteiger partial charge in [-0.25, -0.2) is 4.98 Å². The van der Waals surface area contributed by atoms with Crippen molar-refractivity contribution in [3.63, 3.8) is 0 Å². The van der Waals surface area contributed by atoms with Crippen LogP contribution in [0.2, 0.25) is 0 Å². The highest BCUT2D eigenvalue weighted by molar-refractivity contribution is 7.99. The fourth-order valence-electron chi connectivity index (χ4n) is 2.05. The van der Waals surface area contributed by atoms with Gasteiger partial charge in [0.2, 0.25) is 0 Å². The van der Waals surface area contributed by atoms with E-state index >= 15 is 0 Å². The number of pyridine rings is 1. The molecule has 0 bridgehead atoms. The Hall–Kier alpha value is -2.01. The number of rotatable bonds is 1. The van der Waals surface area contributed by atoms with Crippen LogP contribution in [0.15, 0.2) is 47.5 Å². The molecule has 0 spiro atoms. The molecule has 0 fully saturated rings. The van der Waals surface area contributed by atoms with Crippen molar-refractivity contribution in [3.8, 4) is 0 Å². The van der Waals surface area contributed by atoms with E-state index in [1.165, 1.54) is 6.20 Å². The number of nitrogens with zero attached hydrogens (tertiary/aromatic N) is 2. The standard InChI is InChI=1S/C14H13N3OS/c15-10-5-6-11(16-9-10)14(18)17-7-8-19-13-4-2-1-3-12(13)17/h1-6,9H,7-8,15H2. The number of benzene rings is 1. The van der Waals surface area contributed by atoms with E-state index in [4.69, 9.17) is 5.73 Å². The monoisotopic (exact) mass is 271 g/mol. The topological polar surface area (TPSA) is 59.2 Å². The molecule has 5 heteroatoms. The predicted molar refractivity (Wildman–Crippen MR) is 77.5 cm³/mol. The second-order valence-corrected chi connectivity index (χ2v) is 5.39. The molecule has 1 aromatic carbocycles. The SMILES string of the molecule is Nc1ccc(C(=O)N2CCSc3ccccc32)nc1. The van der Waals surface area contributed by atoms with E-state index in [0.29, 0.717) is 17.9 Å². The van der Waals surface area contributed by atoms with Gasteiger partial charge in [0, 0.05) is 17.2 Å². The molecular formula is C14H13N3OS. The van der Waals surface area contributed by atoms with Gasteiger partial charge in [-0.3, -0.25) is 4.79 Å². The Kier molecular flexibility index (Phi) is 3.13. The van der Waals surface area contributed by atoms with Gasteiger partial charge in [0.1, 0.15) is 5.69 Å². The van der Waals surface area contributed by atoms with Crippen LogP contribution in [0.25, 0.3) is 0 Å². The first-order valence-corrected chi connectivity index (χ1v) is 6.99. The van der Waals surface area contributed by atoms with E-state index in [2.05, 4.69) is 4.98 Å². The van der Waals surface area contributed by atoms with Crippen molar-refractivity contribution in [1.29, 1.82) is 0 Å². The summed E-state index contributed by atoms with van der Waals surface area (Å²) < 4.78 is 0. The molecule has 19 heavy (non-hydrogen) atoms. The maximum Gasteiger partial charge on any atom is 0.276 e. The molecule has 0 unspecified atom stereocenters. The Morgan fingerprint density at radius 3 is 2.89 bits per heavy atom. The van der Waals surface area contributed by atoms with Gasteiger partial charge >= 0.3 is 0 Å². The summed E-state index contributed by atoms with van der Waals surface area (Å²) in [4.78, 5) is 19.5. The minimum atomic E-state index is -0.0762. The fraction of sp³-hybridized carbons (Fsp3) is 0.143. The zero-order valence-corrected chi connectivity index (χ0v) is 11.1. The van der Waals surface area contributed by atoms with Gasteiger partial charge in [0.05, 0.1) is 17.6 Å². The summed E-state index contributed by atoms with van der Waals surface area (Å²) in [5.74, 6) is 0.824. The van der Waals surface area contributed by atoms with Crippen molar-refractivity contribution >= 4 is 29.0 Å². The van der Waals surface area contributed by atoms with Crippen LogP contribution in [-0.2, 0) is 0 Å². The van der Waals surface area contributed by atoms with E-state index in [-0.39, 0.29) is 5.91 Å². The minimum absolute atomic E-state index is 0.0762. The Morgan fingerprint density at radius 1 is 1.26 bits per heavy atom. The number of carbonyl (C=O) groups excluding carboxylic acids is 1. The lowest BCUT2D eigenvalue weighted by molar-refractivity contribution is 0.0983. The van der Waals surface area contributed by atoms with Crippen molar-refractivity contribution in [3.05, 3.63) is 48.3 Å². The summed E-state index contributed by atoms with van der Waals surface area (Å²) in [5, 5.41) is 0. The van der Waals surface area contributed by atoms with Gasteiger partial charge in [-0.15, -0.1) is 11.8 Å². The average molecular weight is 271 g/mol. The van der Waals surface area contributed by atoms with E-state index in [1.807, 2.05) is 24.3 Å². The molecule has 2 heterocycles. The molecule has 4 nitrogen and oxygen atoms in total. The third-order valence-corrected chi connectivity index (χ3v) is 4.02. The van der Waals surface area contributed by atoms with Crippen LogP contribution < -0.4 is 10.6 Å². The van der Waals surface area contributed by atoms with Gasteiger partial charge in [-0.1, -0.05) is 12.1 Å². The first-order chi connectivity index (χ1) is 9.25. The summed E-state index contributed by atoms with van der Waals surface area (Å²) in [7, 11) is 0. The Bertz CT molecular complexity index is 612. The van der Waals surface area contributed by atoms with Crippen molar-refractivity contribution in [2.45, 2.75) is 4.90 Å². The lowest BCUT2D eigenvalue weighted by Crippen LogP contribution is -2.35. The first kappa shape index (κ1) is 12.0. The molecule has 1 aliphatic rings. The quantitative estimate of drug-likeness (QED) is 0.865. The summed E-state index contributed by atoms with van der Waals surface area (Å²) >= 11 is 1.77. The zero-order chi connectivity index (χ0) is 13.2. The molecule has 2 N–H and O–H groups in total. The highest BCUT2D eigenvalue weighted by Crippen LogP contribution is 2.34. The van der Waals surface area contributed by atoms with Crippen molar-refractivity contribution in [2.24, 2.45) is 0 Å². The third kappa shape index (κ3) is 2.29. The van der Waals surface area contributed by atoms with Crippen molar-refractivity contribution in [2.75, 3.05) is 22.9 Å². The largest absolute Gasteiger partial charge is 0.397 e. The lowest BCUT2D eigenvalue weighted by Gasteiger charge is -2.28. The van der Waals surface area contributed by atoms with Crippen molar-refractivity contribution in [1.82, 2.24) is 4.98 Å². The Morgan fingerprint density at radius 2 is 2.11 bits per heavy atom. The molecule has 1 amide bonds. The number of fused-ring (bicyclic) bond motifs is 1. The normalized spacial score (nSPS) is 14.0. The molecule has 96 valence electrons. The number of nitrogen functional groups attached to an aromatic ring is 1. The Labute approximate surface area is 115 Å². The van der Waals surface area contributed by atoms with Crippen LogP contribution in [0, 0.1) is 0 Å². The number of nitrogens with two attached hydrogens (primary N) is 1. The number of anilines is 2. The summed E-state index contributed by atoms with van der Waals surface area (Å²) in [6.45, 7) is 0.701. The number of carbonyl (C=O) groups is 1. The number of amides is 1. The van der Waals surface area contributed by atoms with Gasteiger partial charge in [-0.05, 0) is 24.3 Å². The zero-order valence-electron chi connectivity index (χ0n) is 10.2. The smallest absolute Gasteiger partial charge is 0.276 e. The number of aromatic nitrogens is 1. The third-order valence-electron chi connectivity index (χ3n) is 2.98. The number of hydrogen-bond donors (Lipinski definition) is 1. The average Bonchev–Trinajstić information content (AvgIpc) is 2.47. The van der Waals surface area contributed by atoms with Crippen LogP contribution in [-0.4, -0.2) is 23.2 Å². The van der Waals surface area contributed by atoms with Gasteiger partial charge in [0.25, 0.3) is 5.91 Å². The van der Waals surface area contributed by atoms with Crippen molar-refractivity contribution < 1.29 is 4.79 Å². The molecule has 0 radical (unpaired) electrons. The lowest BCUT2D eigenvalue weighted by atomic mass is 10.2. The van der Waals surface area contributed by atoms with Gasteiger partial charge in [0.15, 0.2) is 0 Å². The van der Waals surface area contributed by atoms with Gasteiger partial charge < -0.3 is 10.6 Å². The highest BCUT2D eigenvalue weighted by Gasteiger charge is 2.24. The summed E-state index contributed by atoms with van der Waals surface area (Å²) in [6.07, 6.45) is 1.51. The Balaban J connectivity index is 1.95. The van der Waals surface area contributed by atoms with E-state index in [0.717, 1.165) is 16.3 Å². The number of para-hydroxylation sites is 1. The second kappa shape index (κ2) is 4.93. The molecule has 1 aliphatic heterocycles. The molecule has 0 saturated heterocycles. The van der Waals surface area contributed by atoms with Gasteiger partial charge in [-0.2, -0.15) is 0 Å². The number of hydrogen-bond acceptors (Lipinski definition) is 4.